The van der Waals surface area contributed by atoms with Crippen LogP contribution in [0.2, 0.25) is 0 Å². The highest BCUT2D eigenvalue weighted by atomic mass is 16.6. The van der Waals surface area contributed by atoms with Crippen LogP contribution < -0.4 is 16.6 Å². The fraction of sp³-hybridized carbons (Fsp3) is 0.364. The number of ether oxygens (including phenoxy) is 1. The average molecular weight is 266 g/mol. The summed E-state index contributed by atoms with van der Waals surface area (Å²) in [4.78, 5) is 22.4. The van der Waals surface area contributed by atoms with Gasteiger partial charge < -0.3 is 15.5 Å². The number of nitro benzene ring substituents is 1. The average Bonchev–Trinajstić information content (AvgIpc) is 2.90. The number of carbonyl (C=O) groups excluding carboxylic acids is 1. The van der Waals surface area contributed by atoms with Gasteiger partial charge in [0.1, 0.15) is 5.56 Å². The molecule has 1 saturated heterocycles. The number of nitrogens with two attached hydrogens (primary N) is 1. The Morgan fingerprint density at radius 1 is 1.53 bits per heavy atom. The van der Waals surface area contributed by atoms with Crippen molar-refractivity contribution in [3.8, 4) is 0 Å². The number of hydrogen-bond donors (Lipinski definition) is 3. The molecule has 0 aliphatic carbocycles. The van der Waals surface area contributed by atoms with E-state index in [-0.39, 0.29) is 17.3 Å². The van der Waals surface area contributed by atoms with Crippen LogP contribution in [0.1, 0.15) is 16.8 Å². The number of carbonyl (C=O) groups is 1. The van der Waals surface area contributed by atoms with Gasteiger partial charge in [-0.05, 0) is 18.6 Å². The number of hydrogen-bond acceptors (Lipinski definition) is 6. The van der Waals surface area contributed by atoms with Crippen LogP contribution in [-0.4, -0.2) is 30.1 Å². The Bertz CT molecular complexity index is 499. The molecule has 0 saturated carbocycles. The third kappa shape index (κ3) is 2.98. The maximum Gasteiger partial charge on any atom is 0.282 e. The van der Waals surface area contributed by atoms with Crippen molar-refractivity contribution >= 4 is 17.3 Å². The molecule has 1 unspecified atom stereocenters. The van der Waals surface area contributed by atoms with Gasteiger partial charge in [0.05, 0.1) is 17.6 Å². The van der Waals surface area contributed by atoms with E-state index in [1.165, 1.54) is 18.2 Å². The van der Waals surface area contributed by atoms with E-state index in [2.05, 4.69) is 10.7 Å². The van der Waals surface area contributed by atoms with E-state index in [1.54, 1.807) is 0 Å². The number of anilines is 1. The normalized spacial score (nSPS) is 18.1. The molecule has 1 aromatic rings. The van der Waals surface area contributed by atoms with Crippen LogP contribution in [0.3, 0.4) is 0 Å². The molecule has 1 heterocycles. The summed E-state index contributed by atoms with van der Waals surface area (Å²) in [6, 6.07) is 3.92. The number of nitrogens with zero attached hydrogens (tertiary/aromatic N) is 1. The van der Waals surface area contributed by atoms with Gasteiger partial charge in [-0.25, -0.2) is 0 Å². The molecular formula is C11H14N4O4. The molecule has 102 valence electrons. The number of nitro groups is 1. The first kappa shape index (κ1) is 13.2. The molecule has 1 aliphatic rings. The summed E-state index contributed by atoms with van der Waals surface area (Å²) < 4.78 is 5.14. The second kappa shape index (κ2) is 5.63. The Balaban J connectivity index is 2.24. The Kier molecular flexibility index (Phi) is 3.93. The lowest BCUT2D eigenvalue weighted by molar-refractivity contribution is -0.385. The molecule has 0 radical (unpaired) electrons. The van der Waals surface area contributed by atoms with Gasteiger partial charge in [0.25, 0.3) is 11.6 Å². The topological polar surface area (TPSA) is 120 Å². The van der Waals surface area contributed by atoms with E-state index in [0.717, 1.165) is 0 Å². The van der Waals surface area contributed by atoms with Crippen molar-refractivity contribution in [2.45, 2.75) is 12.5 Å². The minimum Gasteiger partial charge on any atom is -0.379 e. The lowest BCUT2D eigenvalue weighted by Gasteiger charge is -2.11. The first-order valence-corrected chi connectivity index (χ1v) is 5.75. The first-order chi connectivity index (χ1) is 9.11. The number of nitrogen functional groups attached to an aromatic ring is 1. The number of rotatable bonds is 4. The molecule has 8 heteroatoms. The molecule has 1 fully saturated rings. The van der Waals surface area contributed by atoms with Gasteiger partial charge in [0.2, 0.25) is 0 Å². The fourth-order valence-corrected chi connectivity index (χ4v) is 1.88. The minimum atomic E-state index is -0.597. The Labute approximate surface area is 109 Å². The highest BCUT2D eigenvalue weighted by Gasteiger charge is 2.24. The Morgan fingerprint density at radius 2 is 2.32 bits per heavy atom. The molecule has 1 aliphatic heterocycles. The molecule has 1 atom stereocenters. The molecule has 19 heavy (non-hydrogen) atoms. The lowest BCUT2D eigenvalue weighted by atomic mass is 10.1. The van der Waals surface area contributed by atoms with E-state index in [0.29, 0.717) is 25.3 Å². The quantitative estimate of drug-likeness (QED) is 0.412. The lowest BCUT2D eigenvalue weighted by Crippen LogP contribution is -2.35. The highest BCUT2D eigenvalue weighted by molar-refractivity contribution is 5.99. The molecule has 1 aromatic carbocycles. The summed E-state index contributed by atoms with van der Waals surface area (Å²) in [5.74, 6) is 4.74. The zero-order valence-corrected chi connectivity index (χ0v) is 10.1. The standard InChI is InChI=1S/C11H14N4O4/c12-14-7-1-2-10(15(17)18)9(5-7)11(16)13-8-3-4-19-6-8/h1-2,5,8,14H,3-4,6,12H2,(H,13,16). The van der Waals surface area contributed by atoms with Gasteiger partial charge in [0, 0.05) is 18.4 Å². The molecule has 2 rings (SSSR count). The molecule has 8 nitrogen and oxygen atoms in total. The summed E-state index contributed by atoms with van der Waals surface area (Å²) >= 11 is 0. The predicted octanol–water partition coefficient (Wildman–Crippen LogP) is 0.399. The van der Waals surface area contributed by atoms with Gasteiger partial charge in [-0.2, -0.15) is 0 Å². The Hall–Kier alpha value is -2.19. The van der Waals surface area contributed by atoms with E-state index < -0.39 is 10.8 Å². The summed E-state index contributed by atoms with van der Waals surface area (Å²) in [7, 11) is 0. The molecule has 0 aromatic heterocycles. The van der Waals surface area contributed by atoms with Crippen molar-refractivity contribution < 1.29 is 14.5 Å². The summed E-state index contributed by atoms with van der Waals surface area (Å²) in [5.41, 5.74) is 2.51. The van der Waals surface area contributed by atoms with Crippen molar-refractivity contribution in [3.63, 3.8) is 0 Å². The second-order valence-corrected chi connectivity index (χ2v) is 4.17. The van der Waals surface area contributed by atoms with Crippen LogP contribution >= 0.6 is 0 Å². The number of benzene rings is 1. The van der Waals surface area contributed by atoms with Gasteiger partial charge in [0.15, 0.2) is 0 Å². The number of amides is 1. The molecule has 4 N–H and O–H groups in total. The van der Waals surface area contributed by atoms with Crippen LogP contribution in [0.4, 0.5) is 11.4 Å². The van der Waals surface area contributed by atoms with Crippen molar-refractivity contribution in [1.29, 1.82) is 0 Å². The number of hydrazine groups is 1. The summed E-state index contributed by atoms with van der Waals surface area (Å²) in [6.07, 6.45) is 0.703. The SMILES string of the molecule is NNc1ccc([N+](=O)[O-])c(C(=O)NC2CCOC2)c1. The van der Waals surface area contributed by atoms with Crippen LogP contribution in [-0.2, 0) is 4.74 Å². The maximum absolute atomic E-state index is 12.1. The number of nitrogens with one attached hydrogen (secondary N) is 2. The molecular weight excluding hydrogens is 252 g/mol. The molecule has 0 spiro atoms. The van der Waals surface area contributed by atoms with Gasteiger partial charge >= 0.3 is 0 Å². The Morgan fingerprint density at radius 3 is 2.89 bits per heavy atom. The minimum absolute atomic E-state index is 0.0210. The third-order valence-electron chi connectivity index (χ3n) is 2.87. The molecule has 0 bridgehead atoms. The van der Waals surface area contributed by atoms with E-state index in [1.807, 2.05) is 0 Å². The monoisotopic (exact) mass is 266 g/mol. The van der Waals surface area contributed by atoms with Crippen molar-refractivity contribution in [2.24, 2.45) is 5.84 Å². The van der Waals surface area contributed by atoms with Crippen LogP contribution in [0.15, 0.2) is 18.2 Å². The van der Waals surface area contributed by atoms with E-state index >= 15 is 0 Å². The second-order valence-electron chi connectivity index (χ2n) is 4.17. The van der Waals surface area contributed by atoms with Crippen LogP contribution in [0, 0.1) is 10.1 Å². The van der Waals surface area contributed by atoms with Crippen molar-refractivity contribution in [1.82, 2.24) is 5.32 Å². The largest absolute Gasteiger partial charge is 0.379 e. The smallest absolute Gasteiger partial charge is 0.282 e. The van der Waals surface area contributed by atoms with Crippen molar-refractivity contribution in [2.75, 3.05) is 18.6 Å². The van der Waals surface area contributed by atoms with Crippen LogP contribution in [0.5, 0.6) is 0 Å². The van der Waals surface area contributed by atoms with Crippen LogP contribution in [0.25, 0.3) is 0 Å². The van der Waals surface area contributed by atoms with E-state index in [4.69, 9.17) is 10.6 Å². The van der Waals surface area contributed by atoms with E-state index in [9.17, 15) is 14.9 Å². The predicted molar refractivity (Wildman–Crippen MR) is 67.6 cm³/mol. The highest BCUT2D eigenvalue weighted by Crippen LogP contribution is 2.22. The maximum atomic E-state index is 12.1. The summed E-state index contributed by atoms with van der Waals surface area (Å²) in [5, 5.41) is 13.6. The van der Waals surface area contributed by atoms with Gasteiger partial charge in [-0.3, -0.25) is 20.8 Å². The summed E-state index contributed by atoms with van der Waals surface area (Å²) in [6.45, 7) is 1.01. The fourth-order valence-electron chi connectivity index (χ4n) is 1.88. The zero-order chi connectivity index (χ0) is 13.8. The first-order valence-electron chi connectivity index (χ1n) is 5.75. The van der Waals surface area contributed by atoms with Crippen molar-refractivity contribution in [3.05, 3.63) is 33.9 Å². The third-order valence-corrected chi connectivity index (χ3v) is 2.87. The zero-order valence-electron chi connectivity index (χ0n) is 10.1. The van der Waals surface area contributed by atoms with Gasteiger partial charge in [-0.1, -0.05) is 0 Å². The molecule has 1 amide bonds. The van der Waals surface area contributed by atoms with Gasteiger partial charge in [-0.15, -0.1) is 0 Å².